The highest BCUT2D eigenvalue weighted by Gasteiger charge is 2.42. The van der Waals surface area contributed by atoms with Crippen molar-refractivity contribution >= 4 is 11.9 Å². The quantitative estimate of drug-likeness (QED) is 0.901. The summed E-state index contributed by atoms with van der Waals surface area (Å²) in [5.41, 5.74) is 3.00. The number of rotatable bonds is 4. The average Bonchev–Trinajstić information content (AvgIpc) is 3.02. The smallest absolute Gasteiger partial charge is 0.322 e. The SMILES string of the molecule is COc1ccc(C2NC(=O)N(C)C3=C2C(=O)N(Cc2ccccn2)C3)cc1. The summed E-state index contributed by atoms with van der Waals surface area (Å²) in [7, 11) is 3.29. The maximum absolute atomic E-state index is 13.1. The average molecular weight is 364 g/mol. The molecule has 0 saturated carbocycles. The number of carbonyl (C=O) groups excluding carboxylic acids is 2. The van der Waals surface area contributed by atoms with Gasteiger partial charge in [-0.3, -0.25) is 14.7 Å². The Kier molecular flexibility index (Phi) is 4.27. The fourth-order valence-corrected chi connectivity index (χ4v) is 3.48. The Balaban J connectivity index is 1.66. The number of amides is 3. The second-order valence-corrected chi connectivity index (χ2v) is 6.56. The van der Waals surface area contributed by atoms with Crippen molar-refractivity contribution in [1.82, 2.24) is 20.1 Å². The molecule has 2 aliphatic rings. The van der Waals surface area contributed by atoms with E-state index in [1.165, 1.54) is 4.90 Å². The fraction of sp³-hybridized carbons (Fsp3) is 0.250. The van der Waals surface area contributed by atoms with E-state index in [4.69, 9.17) is 4.74 Å². The van der Waals surface area contributed by atoms with E-state index in [9.17, 15) is 9.59 Å². The van der Waals surface area contributed by atoms with Gasteiger partial charge >= 0.3 is 6.03 Å². The number of hydrogen-bond acceptors (Lipinski definition) is 4. The summed E-state index contributed by atoms with van der Waals surface area (Å²) in [5.74, 6) is 0.644. The number of likely N-dealkylation sites (N-methyl/N-ethyl adjacent to an activating group) is 1. The Bertz CT molecular complexity index is 909. The summed E-state index contributed by atoms with van der Waals surface area (Å²) in [6.07, 6.45) is 1.71. The monoisotopic (exact) mass is 364 g/mol. The Labute approximate surface area is 157 Å². The van der Waals surface area contributed by atoms with Crippen molar-refractivity contribution in [1.29, 1.82) is 0 Å². The lowest BCUT2D eigenvalue weighted by atomic mass is 9.95. The van der Waals surface area contributed by atoms with Gasteiger partial charge in [-0.15, -0.1) is 0 Å². The van der Waals surface area contributed by atoms with Crippen LogP contribution in [-0.4, -0.2) is 47.4 Å². The van der Waals surface area contributed by atoms with E-state index >= 15 is 0 Å². The van der Waals surface area contributed by atoms with Crippen molar-refractivity contribution < 1.29 is 14.3 Å². The first-order valence-corrected chi connectivity index (χ1v) is 8.69. The third-order valence-corrected chi connectivity index (χ3v) is 4.96. The van der Waals surface area contributed by atoms with Crippen LogP contribution in [0.15, 0.2) is 59.9 Å². The number of benzene rings is 1. The van der Waals surface area contributed by atoms with Gasteiger partial charge in [0.25, 0.3) is 5.91 Å². The molecule has 138 valence electrons. The number of ether oxygens (including phenoxy) is 1. The van der Waals surface area contributed by atoms with Crippen LogP contribution >= 0.6 is 0 Å². The number of nitrogens with one attached hydrogen (secondary N) is 1. The molecule has 7 nitrogen and oxygen atoms in total. The molecule has 2 aliphatic heterocycles. The van der Waals surface area contributed by atoms with Gasteiger partial charge in [-0.1, -0.05) is 18.2 Å². The Morgan fingerprint density at radius 2 is 1.96 bits per heavy atom. The van der Waals surface area contributed by atoms with Crippen molar-refractivity contribution in [3.63, 3.8) is 0 Å². The van der Waals surface area contributed by atoms with Gasteiger partial charge in [0.05, 0.1) is 43.2 Å². The summed E-state index contributed by atoms with van der Waals surface area (Å²) < 4.78 is 5.20. The van der Waals surface area contributed by atoms with Gasteiger partial charge in [0.2, 0.25) is 0 Å². The molecule has 0 saturated heterocycles. The first-order valence-electron chi connectivity index (χ1n) is 8.69. The maximum Gasteiger partial charge on any atom is 0.322 e. The molecular formula is C20H20N4O3. The first-order chi connectivity index (χ1) is 13.1. The first kappa shape index (κ1) is 17.1. The number of aromatic nitrogens is 1. The number of urea groups is 1. The van der Waals surface area contributed by atoms with E-state index in [0.717, 1.165) is 22.7 Å². The number of nitrogens with zero attached hydrogens (tertiary/aromatic N) is 3. The summed E-state index contributed by atoms with van der Waals surface area (Å²) in [4.78, 5) is 33.1. The van der Waals surface area contributed by atoms with Crippen LogP contribution in [0.4, 0.5) is 4.79 Å². The molecule has 7 heteroatoms. The van der Waals surface area contributed by atoms with Crippen LogP contribution in [0.5, 0.6) is 5.75 Å². The van der Waals surface area contributed by atoms with Crippen LogP contribution in [0.1, 0.15) is 17.3 Å². The zero-order valence-electron chi connectivity index (χ0n) is 15.2. The van der Waals surface area contributed by atoms with E-state index < -0.39 is 6.04 Å². The normalized spacial score (nSPS) is 19.3. The number of carbonyl (C=O) groups is 2. The lowest BCUT2D eigenvalue weighted by Crippen LogP contribution is -2.45. The minimum absolute atomic E-state index is 0.0803. The molecule has 0 spiro atoms. The van der Waals surface area contributed by atoms with E-state index in [1.54, 1.807) is 25.3 Å². The van der Waals surface area contributed by atoms with Crippen LogP contribution in [0.25, 0.3) is 0 Å². The summed E-state index contributed by atoms with van der Waals surface area (Å²) in [5, 5.41) is 2.93. The van der Waals surface area contributed by atoms with E-state index in [0.29, 0.717) is 18.7 Å². The Morgan fingerprint density at radius 1 is 1.19 bits per heavy atom. The number of pyridine rings is 1. The summed E-state index contributed by atoms with van der Waals surface area (Å²) in [6, 6.07) is 12.3. The molecule has 1 aromatic carbocycles. The fourth-order valence-electron chi connectivity index (χ4n) is 3.48. The van der Waals surface area contributed by atoms with E-state index in [2.05, 4.69) is 10.3 Å². The molecule has 0 bridgehead atoms. The van der Waals surface area contributed by atoms with Crippen LogP contribution in [0.3, 0.4) is 0 Å². The van der Waals surface area contributed by atoms with E-state index in [1.807, 2.05) is 42.5 Å². The molecule has 3 amide bonds. The molecule has 0 aliphatic carbocycles. The minimum atomic E-state index is -0.476. The molecule has 0 fully saturated rings. The summed E-state index contributed by atoms with van der Waals surface area (Å²) >= 11 is 0. The molecular weight excluding hydrogens is 344 g/mol. The molecule has 3 heterocycles. The predicted molar refractivity (Wildman–Crippen MR) is 98.7 cm³/mol. The third kappa shape index (κ3) is 3.01. The Hall–Kier alpha value is -3.35. The van der Waals surface area contributed by atoms with Gasteiger partial charge in [0.15, 0.2) is 0 Å². The van der Waals surface area contributed by atoms with Gasteiger partial charge in [0, 0.05) is 13.2 Å². The molecule has 1 unspecified atom stereocenters. The highest BCUT2D eigenvalue weighted by atomic mass is 16.5. The minimum Gasteiger partial charge on any atom is -0.497 e. The van der Waals surface area contributed by atoms with Crippen LogP contribution in [0.2, 0.25) is 0 Å². The highest BCUT2D eigenvalue weighted by molar-refractivity contribution is 6.01. The molecule has 1 N–H and O–H groups in total. The predicted octanol–water partition coefficient (Wildman–Crippen LogP) is 2.08. The third-order valence-electron chi connectivity index (χ3n) is 4.96. The highest BCUT2D eigenvalue weighted by Crippen LogP contribution is 2.36. The summed E-state index contributed by atoms with van der Waals surface area (Å²) in [6.45, 7) is 0.797. The second-order valence-electron chi connectivity index (χ2n) is 6.56. The van der Waals surface area contributed by atoms with Crippen molar-refractivity contribution in [2.75, 3.05) is 20.7 Å². The van der Waals surface area contributed by atoms with Gasteiger partial charge in [-0.05, 0) is 29.8 Å². The number of hydrogen-bond donors (Lipinski definition) is 1. The lowest BCUT2D eigenvalue weighted by molar-refractivity contribution is -0.126. The molecule has 27 heavy (non-hydrogen) atoms. The number of methoxy groups -OCH3 is 1. The van der Waals surface area contributed by atoms with Crippen molar-refractivity contribution in [3.05, 3.63) is 71.2 Å². The molecule has 0 radical (unpaired) electrons. The topological polar surface area (TPSA) is 74.8 Å². The van der Waals surface area contributed by atoms with Crippen LogP contribution in [0, 0.1) is 0 Å². The van der Waals surface area contributed by atoms with Crippen LogP contribution in [-0.2, 0) is 11.3 Å². The van der Waals surface area contributed by atoms with Gasteiger partial charge < -0.3 is 15.0 Å². The molecule has 1 atom stereocenters. The van der Waals surface area contributed by atoms with Crippen molar-refractivity contribution in [3.8, 4) is 5.75 Å². The molecule has 1 aromatic heterocycles. The van der Waals surface area contributed by atoms with Gasteiger partial charge in [-0.25, -0.2) is 4.79 Å². The lowest BCUT2D eigenvalue weighted by Gasteiger charge is -2.31. The van der Waals surface area contributed by atoms with Crippen LogP contribution < -0.4 is 10.1 Å². The second kappa shape index (κ2) is 6.75. The largest absolute Gasteiger partial charge is 0.497 e. The Morgan fingerprint density at radius 3 is 2.63 bits per heavy atom. The maximum atomic E-state index is 13.1. The molecule has 2 aromatic rings. The zero-order chi connectivity index (χ0) is 19.0. The van der Waals surface area contributed by atoms with Crippen molar-refractivity contribution in [2.24, 2.45) is 0 Å². The van der Waals surface area contributed by atoms with Crippen molar-refractivity contribution in [2.45, 2.75) is 12.6 Å². The van der Waals surface area contributed by atoms with Gasteiger partial charge in [0.1, 0.15) is 5.75 Å². The molecule has 4 rings (SSSR count). The van der Waals surface area contributed by atoms with E-state index in [-0.39, 0.29) is 11.9 Å². The standard InChI is InChI=1S/C20H20N4O3/c1-23-16-12-24(11-14-5-3-4-10-21-14)19(25)17(16)18(22-20(23)26)13-6-8-15(27-2)9-7-13/h3-10,18H,11-12H2,1-2H3,(H,22,26). The van der Waals surface area contributed by atoms with Gasteiger partial charge in [-0.2, -0.15) is 0 Å². The zero-order valence-corrected chi connectivity index (χ0v) is 15.2.